The minimum atomic E-state index is -0.162. The molecule has 0 saturated heterocycles. The number of aromatic nitrogens is 2. The van der Waals surface area contributed by atoms with Crippen LogP contribution in [0.4, 0.5) is 0 Å². The fourth-order valence-electron chi connectivity index (χ4n) is 1.52. The van der Waals surface area contributed by atoms with E-state index in [1.807, 2.05) is 13.2 Å². The van der Waals surface area contributed by atoms with Gasteiger partial charge in [-0.2, -0.15) is 4.98 Å². The molecule has 0 aliphatic carbocycles. The molecule has 1 N–H and O–H groups in total. The minimum Gasteiger partial charge on any atom is -0.475 e. The van der Waals surface area contributed by atoms with Crippen molar-refractivity contribution in [2.75, 3.05) is 12.9 Å². The summed E-state index contributed by atoms with van der Waals surface area (Å²) in [6, 6.07) is -0.0150. The van der Waals surface area contributed by atoms with E-state index < -0.39 is 0 Å². The first-order valence-corrected chi connectivity index (χ1v) is 6.20. The SMILES string of the molecule is CSc1nc(C)c2c(n1)OCC(C)NC2=O. The molecule has 0 radical (unpaired) electrons. The quantitative estimate of drug-likeness (QED) is 0.585. The van der Waals surface area contributed by atoms with E-state index in [0.717, 1.165) is 0 Å². The third kappa shape index (κ3) is 1.97. The molecule has 0 saturated carbocycles. The van der Waals surface area contributed by atoms with E-state index in [-0.39, 0.29) is 11.9 Å². The summed E-state index contributed by atoms with van der Waals surface area (Å²) in [5.74, 6) is 0.226. The van der Waals surface area contributed by atoms with Crippen molar-refractivity contribution >= 4 is 17.7 Å². The van der Waals surface area contributed by atoms with Crippen LogP contribution in [0.5, 0.6) is 5.88 Å². The Labute approximate surface area is 98.0 Å². The summed E-state index contributed by atoms with van der Waals surface area (Å²) >= 11 is 1.43. The van der Waals surface area contributed by atoms with Gasteiger partial charge in [0.25, 0.3) is 5.91 Å². The fraction of sp³-hybridized carbons (Fsp3) is 0.500. The number of thioether (sulfide) groups is 1. The molecule has 1 aliphatic rings. The average molecular weight is 239 g/mol. The lowest BCUT2D eigenvalue weighted by Gasteiger charge is -2.07. The molecule has 16 heavy (non-hydrogen) atoms. The molecule has 0 aromatic carbocycles. The number of carbonyl (C=O) groups excluding carboxylic acids is 1. The van der Waals surface area contributed by atoms with E-state index in [1.54, 1.807) is 6.92 Å². The maximum Gasteiger partial charge on any atom is 0.258 e. The van der Waals surface area contributed by atoms with E-state index >= 15 is 0 Å². The lowest BCUT2D eigenvalue weighted by atomic mass is 10.2. The number of carbonyl (C=O) groups is 1. The van der Waals surface area contributed by atoms with Gasteiger partial charge >= 0.3 is 0 Å². The van der Waals surface area contributed by atoms with Crippen molar-refractivity contribution in [2.45, 2.75) is 25.0 Å². The maximum atomic E-state index is 11.9. The summed E-state index contributed by atoms with van der Waals surface area (Å²) in [4.78, 5) is 20.3. The van der Waals surface area contributed by atoms with Gasteiger partial charge in [0.2, 0.25) is 5.88 Å². The Morgan fingerprint density at radius 3 is 2.94 bits per heavy atom. The molecule has 0 fully saturated rings. The van der Waals surface area contributed by atoms with Gasteiger partial charge in [-0.05, 0) is 20.1 Å². The van der Waals surface area contributed by atoms with Gasteiger partial charge in [0, 0.05) is 0 Å². The van der Waals surface area contributed by atoms with Crippen molar-refractivity contribution in [1.82, 2.24) is 15.3 Å². The second-order valence-electron chi connectivity index (χ2n) is 3.66. The van der Waals surface area contributed by atoms with E-state index in [2.05, 4.69) is 15.3 Å². The first-order valence-electron chi connectivity index (χ1n) is 4.98. The average Bonchev–Trinajstić information content (AvgIpc) is 2.38. The number of hydrogen-bond acceptors (Lipinski definition) is 5. The molecule has 5 nitrogen and oxygen atoms in total. The van der Waals surface area contributed by atoms with Gasteiger partial charge in [-0.15, -0.1) is 0 Å². The first kappa shape index (κ1) is 11.2. The maximum absolute atomic E-state index is 11.9. The Morgan fingerprint density at radius 1 is 1.50 bits per heavy atom. The normalized spacial score (nSPS) is 19.4. The van der Waals surface area contributed by atoms with Crippen molar-refractivity contribution < 1.29 is 9.53 Å². The van der Waals surface area contributed by atoms with Crippen LogP contribution in [-0.4, -0.2) is 34.8 Å². The number of aryl methyl sites for hydroxylation is 1. The van der Waals surface area contributed by atoms with Crippen molar-refractivity contribution in [3.8, 4) is 5.88 Å². The zero-order valence-electron chi connectivity index (χ0n) is 9.40. The highest BCUT2D eigenvalue weighted by Crippen LogP contribution is 2.24. The molecule has 2 rings (SSSR count). The zero-order valence-corrected chi connectivity index (χ0v) is 10.2. The third-order valence-corrected chi connectivity index (χ3v) is 2.84. The van der Waals surface area contributed by atoms with Gasteiger partial charge in [-0.1, -0.05) is 11.8 Å². The van der Waals surface area contributed by atoms with Crippen molar-refractivity contribution in [3.05, 3.63) is 11.3 Å². The molecule has 1 unspecified atom stereocenters. The molecule has 1 atom stereocenters. The van der Waals surface area contributed by atoms with Crippen LogP contribution in [-0.2, 0) is 0 Å². The smallest absolute Gasteiger partial charge is 0.258 e. The van der Waals surface area contributed by atoms with Crippen LogP contribution >= 0.6 is 11.8 Å². The lowest BCUT2D eigenvalue weighted by Crippen LogP contribution is -2.34. The molecule has 86 valence electrons. The summed E-state index contributed by atoms with van der Waals surface area (Å²) in [5, 5.41) is 3.45. The lowest BCUT2D eigenvalue weighted by molar-refractivity contribution is 0.0941. The standard InChI is InChI=1S/C10H13N3O2S/c1-5-4-15-9-7(8(14)11-5)6(2)12-10(13-9)16-3/h5H,4H2,1-3H3,(H,11,14). The monoisotopic (exact) mass is 239 g/mol. The number of hydrogen-bond donors (Lipinski definition) is 1. The zero-order chi connectivity index (χ0) is 11.7. The molecule has 1 aromatic heterocycles. The number of rotatable bonds is 1. The number of nitrogens with one attached hydrogen (secondary N) is 1. The number of fused-ring (bicyclic) bond motifs is 1. The highest BCUT2D eigenvalue weighted by atomic mass is 32.2. The summed E-state index contributed by atoms with van der Waals surface area (Å²) in [6.07, 6.45) is 1.89. The van der Waals surface area contributed by atoms with Crippen LogP contribution in [0.3, 0.4) is 0 Å². The van der Waals surface area contributed by atoms with Crippen LogP contribution < -0.4 is 10.1 Å². The molecule has 6 heteroatoms. The molecule has 0 spiro atoms. The van der Waals surface area contributed by atoms with E-state index in [4.69, 9.17) is 4.74 Å². The van der Waals surface area contributed by atoms with Crippen molar-refractivity contribution in [2.24, 2.45) is 0 Å². The van der Waals surface area contributed by atoms with E-state index in [0.29, 0.717) is 28.9 Å². The number of amides is 1. The largest absolute Gasteiger partial charge is 0.475 e. The predicted molar refractivity (Wildman–Crippen MR) is 61.0 cm³/mol. The number of nitrogens with zero attached hydrogens (tertiary/aromatic N) is 2. The molecule has 2 heterocycles. The Kier molecular flexibility index (Phi) is 3.00. The second-order valence-corrected chi connectivity index (χ2v) is 4.43. The van der Waals surface area contributed by atoms with Crippen LogP contribution in [0.15, 0.2) is 5.16 Å². The van der Waals surface area contributed by atoms with Crippen LogP contribution in [0.2, 0.25) is 0 Å². The van der Waals surface area contributed by atoms with E-state index in [1.165, 1.54) is 11.8 Å². The summed E-state index contributed by atoms with van der Waals surface area (Å²) in [5.41, 5.74) is 1.10. The minimum absolute atomic E-state index is 0.0150. The molecule has 1 amide bonds. The summed E-state index contributed by atoms with van der Waals surface area (Å²) in [7, 11) is 0. The van der Waals surface area contributed by atoms with Gasteiger partial charge < -0.3 is 10.1 Å². The molecule has 1 aliphatic heterocycles. The van der Waals surface area contributed by atoms with Gasteiger partial charge in [0.1, 0.15) is 12.2 Å². The van der Waals surface area contributed by atoms with Crippen molar-refractivity contribution in [1.29, 1.82) is 0 Å². The summed E-state index contributed by atoms with van der Waals surface area (Å²) in [6.45, 7) is 4.12. The Morgan fingerprint density at radius 2 is 2.25 bits per heavy atom. The fourth-order valence-corrected chi connectivity index (χ4v) is 1.92. The van der Waals surface area contributed by atoms with Gasteiger partial charge in [0.05, 0.1) is 11.7 Å². The molecule has 0 bridgehead atoms. The molecular formula is C10H13N3O2S. The topological polar surface area (TPSA) is 64.1 Å². The van der Waals surface area contributed by atoms with Gasteiger partial charge in [-0.3, -0.25) is 4.79 Å². The summed E-state index contributed by atoms with van der Waals surface area (Å²) < 4.78 is 5.51. The van der Waals surface area contributed by atoms with Crippen LogP contribution in [0.1, 0.15) is 23.0 Å². The highest BCUT2D eigenvalue weighted by molar-refractivity contribution is 7.98. The molecular weight excluding hydrogens is 226 g/mol. The molecule has 1 aromatic rings. The van der Waals surface area contributed by atoms with Gasteiger partial charge in [0.15, 0.2) is 5.16 Å². The van der Waals surface area contributed by atoms with Crippen molar-refractivity contribution in [3.63, 3.8) is 0 Å². The Balaban J connectivity index is 2.51. The van der Waals surface area contributed by atoms with Gasteiger partial charge in [-0.25, -0.2) is 4.98 Å². The van der Waals surface area contributed by atoms with Crippen LogP contribution in [0, 0.1) is 6.92 Å². The second kappa shape index (κ2) is 4.29. The van der Waals surface area contributed by atoms with Crippen LogP contribution in [0.25, 0.3) is 0 Å². The first-order chi connectivity index (χ1) is 7.61. The Bertz CT molecular complexity index is 436. The van der Waals surface area contributed by atoms with E-state index in [9.17, 15) is 4.79 Å². The predicted octanol–water partition coefficient (Wildman–Crippen LogP) is 1.02. The highest BCUT2D eigenvalue weighted by Gasteiger charge is 2.24. The Hall–Kier alpha value is -1.30. The third-order valence-electron chi connectivity index (χ3n) is 2.29. The number of ether oxygens (including phenoxy) is 1.